The van der Waals surface area contributed by atoms with Gasteiger partial charge in [0.1, 0.15) is 0 Å². The average molecular weight is 367 g/mol. The van der Waals surface area contributed by atoms with E-state index in [-0.39, 0.29) is 0 Å². The Labute approximate surface area is 157 Å². The molecule has 26 heavy (non-hydrogen) atoms. The SMILES string of the molecule is O=C(O)C1CC(C=Nc2ccccc2)=C(Cl)/C(=C/Nc2ccccc2)C1. The molecular weight excluding hydrogens is 348 g/mol. The van der Waals surface area contributed by atoms with E-state index in [0.29, 0.717) is 17.9 Å². The van der Waals surface area contributed by atoms with E-state index in [4.69, 9.17) is 11.6 Å². The van der Waals surface area contributed by atoms with Gasteiger partial charge in [0.05, 0.1) is 11.6 Å². The maximum absolute atomic E-state index is 11.5. The molecule has 0 saturated heterocycles. The van der Waals surface area contributed by atoms with Gasteiger partial charge in [-0.3, -0.25) is 9.79 Å². The molecule has 0 spiro atoms. The molecule has 4 nitrogen and oxygen atoms in total. The van der Waals surface area contributed by atoms with Crippen LogP contribution in [-0.4, -0.2) is 17.3 Å². The number of anilines is 1. The van der Waals surface area contributed by atoms with Crippen LogP contribution < -0.4 is 5.32 Å². The van der Waals surface area contributed by atoms with Crippen LogP contribution in [0, 0.1) is 5.92 Å². The molecule has 0 fully saturated rings. The largest absolute Gasteiger partial charge is 0.481 e. The average Bonchev–Trinajstić information content (AvgIpc) is 2.67. The molecule has 0 amide bonds. The molecule has 3 rings (SSSR count). The van der Waals surface area contributed by atoms with Gasteiger partial charge in [-0.1, -0.05) is 48.0 Å². The van der Waals surface area contributed by atoms with E-state index < -0.39 is 11.9 Å². The van der Waals surface area contributed by atoms with E-state index in [9.17, 15) is 9.90 Å². The number of hydrogen-bond acceptors (Lipinski definition) is 3. The zero-order valence-corrected chi connectivity index (χ0v) is 14.9. The molecule has 1 atom stereocenters. The first-order chi connectivity index (χ1) is 12.6. The number of carboxylic acid groups (broad SMARTS) is 1. The maximum atomic E-state index is 11.5. The van der Waals surface area contributed by atoms with Crippen molar-refractivity contribution < 1.29 is 9.90 Å². The molecule has 2 N–H and O–H groups in total. The van der Waals surface area contributed by atoms with Crippen LogP contribution in [0.4, 0.5) is 11.4 Å². The minimum atomic E-state index is -0.828. The van der Waals surface area contributed by atoms with Gasteiger partial charge in [-0.05, 0) is 48.3 Å². The highest BCUT2D eigenvalue weighted by molar-refractivity contribution is 6.34. The Balaban J connectivity index is 1.87. The fourth-order valence-electron chi connectivity index (χ4n) is 2.77. The van der Waals surface area contributed by atoms with Gasteiger partial charge >= 0.3 is 5.97 Å². The number of allylic oxidation sites excluding steroid dienone is 3. The second-order valence-corrected chi connectivity index (χ2v) is 6.43. The molecular formula is C21H19ClN2O2. The monoisotopic (exact) mass is 366 g/mol. The molecule has 132 valence electrons. The number of aliphatic imine (C=N–C) groups is 1. The Kier molecular flexibility index (Phi) is 5.87. The van der Waals surface area contributed by atoms with Crippen LogP contribution in [-0.2, 0) is 4.79 Å². The first kappa shape index (κ1) is 18.0. The summed E-state index contributed by atoms with van der Waals surface area (Å²) in [6.45, 7) is 0. The van der Waals surface area contributed by atoms with Crippen LogP contribution in [0.25, 0.3) is 0 Å². The lowest BCUT2D eigenvalue weighted by atomic mass is 9.86. The topological polar surface area (TPSA) is 61.7 Å². The smallest absolute Gasteiger partial charge is 0.307 e. The van der Waals surface area contributed by atoms with E-state index in [1.165, 1.54) is 0 Å². The van der Waals surface area contributed by atoms with Gasteiger partial charge in [-0.25, -0.2) is 0 Å². The number of para-hydroxylation sites is 2. The summed E-state index contributed by atoms with van der Waals surface area (Å²) in [5.74, 6) is -1.34. The number of aliphatic carboxylic acids is 1. The van der Waals surface area contributed by atoms with Crippen LogP contribution in [0.3, 0.4) is 0 Å². The highest BCUT2D eigenvalue weighted by atomic mass is 35.5. The second-order valence-electron chi connectivity index (χ2n) is 6.06. The normalized spacial score (nSPS) is 19.1. The standard InChI is InChI=1S/C21H19ClN2O2/c22-20-16(13-23-18-7-3-1-4-8-18)11-15(21(25)26)12-17(20)14-24-19-9-5-2-6-10-19/h1-10,13-15,23H,11-12H2,(H,25,26)/b16-13+,24-14?. The fraction of sp³-hybridized carbons (Fsp3) is 0.143. The minimum absolute atomic E-state index is 0.368. The van der Waals surface area contributed by atoms with Gasteiger partial charge in [0.15, 0.2) is 0 Å². The fourth-order valence-corrected chi connectivity index (χ4v) is 3.02. The van der Waals surface area contributed by atoms with Gasteiger partial charge < -0.3 is 10.4 Å². The summed E-state index contributed by atoms with van der Waals surface area (Å²) in [7, 11) is 0. The Morgan fingerprint density at radius 1 is 1.08 bits per heavy atom. The summed E-state index contributed by atoms with van der Waals surface area (Å²) in [4.78, 5) is 16.0. The van der Waals surface area contributed by atoms with Crippen molar-refractivity contribution in [1.29, 1.82) is 0 Å². The predicted molar refractivity (Wildman–Crippen MR) is 106 cm³/mol. The molecule has 5 heteroatoms. The van der Waals surface area contributed by atoms with Crippen molar-refractivity contribution in [3.63, 3.8) is 0 Å². The van der Waals surface area contributed by atoms with E-state index in [0.717, 1.165) is 22.5 Å². The summed E-state index contributed by atoms with van der Waals surface area (Å²) in [6, 6.07) is 19.2. The third-order valence-corrected chi connectivity index (χ3v) is 4.64. The van der Waals surface area contributed by atoms with Crippen molar-refractivity contribution in [2.75, 3.05) is 5.32 Å². The number of carboxylic acids is 1. The maximum Gasteiger partial charge on any atom is 0.307 e. The number of nitrogens with zero attached hydrogens (tertiary/aromatic N) is 1. The first-order valence-electron chi connectivity index (χ1n) is 8.35. The Bertz CT molecular complexity index is 858. The number of hydrogen-bond donors (Lipinski definition) is 2. The van der Waals surface area contributed by atoms with E-state index in [2.05, 4.69) is 10.3 Å². The lowest BCUT2D eigenvalue weighted by molar-refractivity contribution is -0.141. The van der Waals surface area contributed by atoms with Crippen molar-refractivity contribution in [2.45, 2.75) is 12.8 Å². The number of halogens is 1. The molecule has 0 bridgehead atoms. The highest BCUT2D eigenvalue weighted by Gasteiger charge is 2.28. The van der Waals surface area contributed by atoms with E-state index in [1.54, 1.807) is 12.4 Å². The molecule has 1 aliphatic carbocycles. The Hall–Kier alpha value is -2.85. The van der Waals surface area contributed by atoms with Gasteiger partial charge in [-0.15, -0.1) is 0 Å². The number of benzene rings is 2. The highest BCUT2D eigenvalue weighted by Crippen LogP contribution is 2.35. The Morgan fingerprint density at radius 2 is 1.73 bits per heavy atom. The van der Waals surface area contributed by atoms with Crippen LogP contribution >= 0.6 is 11.6 Å². The molecule has 0 heterocycles. The lowest BCUT2D eigenvalue weighted by Gasteiger charge is -2.22. The third kappa shape index (κ3) is 4.61. The van der Waals surface area contributed by atoms with Crippen molar-refractivity contribution in [3.05, 3.63) is 83.0 Å². The number of carbonyl (C=O) groups is 1. The van der Waals surface area contributed by atoms with Crippen molar-refractivity contribution in [3.8, 4) is 0 Å². The number of rotatable bonds is 5. The van der Waals surface area contributed by atoms with Crippen LogP contribution in [0.1, 0.15) is 12.8 Å². The van der Waals surface area contributed by atoms with Gasteiger partial charge in [0.25, 0.3) is 0 Å². The zero-order chi connectivity index (χ0) is 18.4. The quantitative estimate of drug-likeness (QED) is 0.699. The Morgan fingerprint density at radius 3 is 2.38 bits per heavy atom. The summed E-state index contributed by atoms with van der Waals surface area (Å²) in [5.41, 5.74) is 3.22. The van der Waals surface area contributed by atoms with E-state index in [1.807, 2.05) is 60.7 Å². The summed E-state index contributed by atoms with van der Waals surface area (Å²) >= 11 is 6.54. The molecule has 0 aliphatic heterocycles. The molecule has 0 radical (unpaired) electrons. The summed E-state index contributed by atoms with van der Waals surface area (Å²) < 4.78 is 0. The van der Waals surface area contributed by atoms with Crippen LogP contribution in [0.2, 0.25) is 0 Å². The van der Waals surface area contributed by atoms with Gasteiger partial charge in [-0.2, -0.15) is 0 Å². The molecule has 0 aromatic heterocycles. The molecule has 1 aliphatic rings. The predicted octanol–water partition coefficient (Wildman–Crippen LogP) is 5.37. The van der Waals surface area contributed by atoms with Gasteiger partial charge in [0.2, 0.25) is 0 Å². The van der Waals surface area contributed by atoms with Gasteiger partial charge in [0, 0.05) is 23.1 Å². The van der Waals surface area contributed by atoms with Crippen LogP contribution in [0.15, 0.2) is 88.0 Å². The minimum Gasteiger partial charge on any atom is -0.481 e. The summed E-state index contributed by atoms with van der Waals surface area (Å²) in [5, 5.41) is 13.2. The lowest BCUT2D eigenvalue weighted by Crippen LogP contribution is -2.20. The second kappa shape index (κ2) is 8.50. The van der Waals surface area contributed by atoms with Crippen molar-refractivity contribution in [2.24, 2.45) is 10.9 Å². The summed E-state index contributed by atoms with van der Waals surface area (Å²) in [6.07, 6.45) is 4.20. The first-order valence-corrected chi connectivity index (χ1v) is 8.73. The van der Waals surface area contributed by atoms with E-state index >= 15 is 0 Å². The van der Waals surface area contributed by atoms with Crippen LogP contribution in [0.5, 0.6) is 0 Å². The zero-order valence-electron chi connectivity index (χ0n) is 14.1. The molecule has 2 aromatic carbocycles. The number of nitrogens with one attached hydrogen (secondary N) is 1. The van der Waals surface area contributed by atoms with Crippen molar-refractivity contribution in [1.82, 2.24) is 0 Å². The third-order valence-electron chi connectivity index (χ3n) is 4.16. The molecule has 0 saturated carbocycles. The molecule has 1 unspecified atom stereocenters. The van der Waals surface area contributed by atoms with Crippen molar-refractivity contribution >= 4 is 35.2 Å². The molecule has 2 aromatic rings.